The van der Waals surface area contributed by atoms with Crippen LogP contribution in [0.1, 0.15) is 37.5 Å². The molecule has 0 bridgehead atoms. The molecule has 0 heterocycles. The molecule has 1 N–H and O–H groups in total. The van der Waals surface area contributed by atoms with Gasteiger partial charge in [-0.1, -0.05) is 32.9 Å². The normalized spacial score (nSPS) is 12.0. The first-order valence-corrected chi connectivity index (χ1v) is 6.50. The van der Waals surface area contributed by atoms with Gasteiger partial charge >= 0.3 is 0 Å². The third kappa shape index (κ3) is 3.46. The van der Waals surface area contributed by atoms with Crippen molar-refractivity contribution in [2.45, 2.75) is 44.9 Å². The zero-order valence-corrected chi connectivity index (χ0v) is 11.4. The summed E-state index contributed by atoms with van der Waals surface area (Å²) >= 11 is -1.86. The minimum Gasteiger partial charge on any atom is -0.302 e. The summed E-state index contributed by atoms with van der Waals surface area (Å²) in [6, 6.07) is 4.09. The predicted molar refractivity (Wildman–Crippen MR) is 69.4 cm³/mol. The van der Waals surface area contributed by atoms with Crippen molar-refractivity contribution < 1.29 is 8.76 Å². The van der Waals surface area contributed by atoms with E-state index in [1.54, 1.807) is 0 Å². The van der Waals surface area contributed by atoms with E-state index in [1.807, 2.05) is 26.0 Å². The van der Waals surface area contributed by atoms with Crippen LogP contribution in [0.4, 0.5) is 0 Å². The van der Waals surface area contributed by atoms with E-state index in [-0.39, 0.29) is 18.9 Å². The average Bonchev–Trinajstić information content (AvgIpc) is 2.26. The summed E-state index contributed by atoms with van der Waals surface area (Å²) in [6.07, 6.45) is 2.59. The van der Waals surface area contributed by atoms with Crippen molar-refractivity contribution in [2.24, 2.45) is 0 Å². The van der Waals surface area contributed by atoms with Gasteiger partial charge in [0.15, 0.2) is 11.1 Å². The molecule has 0 spiro atoms. The molecule has 0 aliphatic heterocycles. The SMILES string of the molecule is CCc1cc(CC)c(S(=O)O)c(CC)c1.[Li]. The van der Waals surface area contributed by atoms with Crippen LogP contribution in [0, 0.1) is 0 Å². The van der Waals surface area contributed by atoms with Gasteiger partial charge in [-0.25, -0.2) is 4.21 Å². The molecular formula is C12H18LiO2S. The van der Waals surface area contributed by atoms with Gasteiger partial charge in [-0.2, -0.15) is 0 Å². The van der Waals surface area contributed by atoms with Gasteiger partial charge in [-0.05, 0) is 36.0 Å². The maximum absolute atomic E-state index is 11.3. The molecule has 85 valence electrons. The fourth-order valence-electron chi connectivity index (χ4n) is 1.78. The molecule has 0 fully saturated rings. The predicted octanol–water partition coefficient (Wildman–Crippen LogP) is 2.57. The van der Waals surface area contributed by atoms with Crippen LogP contribution in [0.2, 0.25) is 0 Å². The Kier molecular flexibility index (Phi) is 7.26. The molecule has 0 aromatic heterocycles. The van der Waals surface area contributed by atoms with Gasteiger partial charge in [-0.15, -0.1) is 0 Å². The Labute approximate surface area is 112 Å². The van der Waals surface area contributed by atoms with E-state index in [9.17, 15) is 8.76 Å². The van der Waals surface area contributed by atoms with Crippen molar-refractivity contribution in [3.05, 3.63) is 28.8 Å². The first-order valence-electron chi connectivity index (χ1n) is 5.39. The van der Waals surface area contributed by atoms with E-state index in [2.05, 4.69) is 6.92 Å². The maximum Gasteiger partial charge on any atom is 0.187 e. The molecule has 2 nitrogen and oxygen atoms in total. The largest absolute Gasteiger partial charge is 0.302 e. The fourth-order valence-corrected chi connectivity index (χ4v) is 2.64. The summed E-state index contributed by atoms with van der Waals surface area (Å²) in [5.41, 5.74) is 3.26. The summed E-state index contributed by atoms with van der Waals surface area (Å²) < 4.78 is 20.6. The number of rotatable bonds is 4. The van der Waals surface area contributed by atoms with Gasteiger partial charge < -0.3 is 4.55 Å². The van der Waals surface area contributed by atoms with Crippen LogP contribution in [0.25, 0.3) is 0 Å². The molecule has 1 rings (SSSR count). The molecular weight excluding hydrogens is 215 g/mol. The van der Waals surface area contributed by atoms with E-state index in [0.29, 0.717) is 4.90 Å². The molecule has 1 radical (unpaired) electrons. The molecule has 0 aliphatic rings. The average molecular weight is 233 g/mol. The smallest absolute Gasteiger partial charge is 0.187 e. The van der Waals surface area contributed by atoms with Crippen molar-refractivity contribution >= 4 is 29.9 Å². The van der Waals surface area contributed by atoms with Gasteiger partial charge in [0.1, 0.15) is 0 Å². The molecule has 1 unspecified atom stereocenters. The van der Waals surface area contributed by atoms with Crippen LogP contribution < -0.4 is 0 Å². The maximum atomic E-state index is 11.3. The topological polar surface area (TPSA) is 37.3 Å². The molecule has 1 aromatic carbocycles. The van der Waals surface area contributed by atoms with Crippen LogP contribution in [0.15, 0.2) is 17.0 Å². The standard InChI is InChI=1S/C12H18O2S.Li/c1-4-9-7-10(5-2)12(15(13)14)11(6-3)8-9;/h7-8H,4-6H2,1-3H3,(H,13,14);. The van der Waals surface area contributed by atoms with E-state index in [1.165, 1.54) is 5.56 Å². The van der Waals surface area contributed by atoms with Gasteiger partial charge in [0.25, 0.3) is 0 Å². The van der Waals surface area contributed by atoms with Crippen molar-refractivity contribution in [1.82, 2.24) is 0 Å². The van der Waals surface area contributed by atoms with Crippen LogP contribution in [-0.4, -0.2) is 27.6 Å². The van der Waals surface area contributed by atoms with Crippen molar-refractivity contribution in [2.75, 3.05) is 0 Å². The molecule has 1 atom stereocenters. The fraction of sp³-hybridized carbons (Fsp3) is 0.500. The summed E-state index contributed by atoms with van der Waals surface area (Å²) in [6.45, 7) is 6.14. The zero-order valence-electron chi connectivity index (χ0n) is 10.5. The molecule has 0 saturated heterocycles. The first-order chi connectivity index (χ1) is 7.13. The minimum atomic E-state index is -1.86. The Bertz CT molecular complexity index is 352. The van der Waals surface area contributed by atoms with E-state index in [0.717, 1.165) is 30.4 Å². The van der Waals surface area contributed by atoms with Crippen molar-refractivity contribution in [3.8, 4) is 0 Å². The van der Waals surface area contributed by atoms with E-state index in [4.69, 9.17) is 0 Å². The third-order valence-electron chi connectivity index (χ3n) is 2.65. The Balaban J connectivity index is 0.00000225. The van der Waals surface area contributed by atoms with Gasteiger partial charge in [0, 0.05) is 18.9 Å². The van der Waals surface area contributed by atoms with Crippen LogP contribution in [0.5, 0.6) is 0 Å². The van der Waals surface area contributed by atoms with E-state index < -0.39 is 11.1 Å². The first kappa shape index (κ1) is 15.9. The van der Waals surface area contributed by atoms with Gasteiger partial charge in [0.2, 0.25) is 0 Å². The van der Waals surface area contributed by atoms with Crippen LogP contribution in [0.3, 0.4) is 0 Å². The number of benzene rings is 1. The summed E-state index contributed by atoms with van der Waals surface area (Å²) in [5.74, 6) is 0. The number of aryl methyl sites for hydroxylation is 3. The number of hydrogen-bond acceptors (Lipinski definition) is 1. The monoisotopic (exact) mass is 233 g/mol. The Hall–Kier alpha value is -0.0726. The molecule has 0 saturated carbocycles. The molecule has 0 aliphatic carbocycles. The second-order valence-electron chi connectivity index (χ2n) is 3.55. The Morgan fingerprint density at radius 1 is 1.06 bits per heavy atom. The summed E-state index contributed by atoms with van der Waals surface area (Å²) in [5, 5.41) is 0. The van der Waals surface area contributed by atoms with Crippen LogP contribution in [-0.2, 0) is 30.3 Å². The van der Waals surface area contributed by atoms with Gasteiger partial charge in [-0.3, -0.25) is 0 Å². The quantitative estimate of drug-likeness (QED) is 0.641. The second kappa shape index (κ2) is 7.29. The minimum absolute atomic E-state index is 0. The summed E-state index contributed by atoms with van der Waals surface area (Å²) in [7, 11) is 0. The van der Waals surface area contributed by atoms with E-state index >= 15 is 0 Å². The van der Waals surface area contributed by atoms with Crippen LogP contribution >= 0.6 is 0 Å². The summed E-state index contributed by atoms with van der Waals surface area (Å²) in [4.78, 5) is 0.622. The Morgan fingerprint density at radius 3 is 1.75 bits per heavy atom. The molecule has 0 amide bonds. The third-order valence-corrected chi connectivity index (χ3v) is 3.52. The number of hydrogen-bond donors (Lipinski definition) is 1. The van der Waals surface area contributed by atoms with Crippen molar-refractivity contribution in [3.63, 3.8) is 0 Å². The molecule has 4 heteroatoms. The zero-order chi connectivity index (χ0) is 11.4. The second-order valence-corrected chi connectivity index (χ2v) is 4.46. The van der Waals surface area contributed by atoms with Crippen molar-refractivity contribution in [1.29, 1.82) is 0 Å². The van der Waals surface area contributed by atoms with Gasteiger partial charge in [0.05, 0.1) is 4.90 Å². The molecule has 1 aromatic rings. The molecule has 16 heavy (non-hydrogen) atoms. The Morgan fingerprint density at radius 2 is 1.50 bits per heavy atom.